The number of nitrogens with zero attached hydrogens (tertiary/aromatic N) is 1. The molecular formula is C14H24N2O2S2. The van der Waals surface area contributed by atoms with E-state index in [1.54, 1.807) is 11.3 Å². The molecule has 1 saturated carbocycles. The lowest BCUT2D eigenvalue weighted by Gasteiger charge is -2.43. The predicted molar refractivity (Wildman–Crippen MR) is 84.7 cm³/mol. The fourth-order valence-electron chi connectivity index (χ4n) is 3.53. The summed E-state index contributed by atoms with van der Waals surface area (Å²) in [5, 5.41) is 1.72. The number of hydrogen-bond acceptors (Lipinski definition) is 5. The highest BCUT2D eigenvalue weighted by molar-refractivity contribution is 7.91. The van der Waals surface area contributed by atoms with Crippen molar-refractivity contribution in [3.63, 3.8) is 0 Å². The van der Waals surface area contributed by atoms with Gasteiger partial charge in [-0.25, -0.2) is 8.42 Å². The van der Waals surface area contributed by atoms with Crippen LogP contribution in [0.5, 0.6) is 0 Å². The third-order valence-corrected chi connectivity index (χ3v) is 7.05. The van der Waals surface area contributed by atoms with Crippen molar-refractivity contribution < 1.29 is 8.42 Å². The Morgan fingerprint density at radius 2 is 2.30 bits per heavy atom. The molecule has 1 aliphatic rings. The summed E-state index contributed by atoms with van der Waals surface area (Å²) in [5.74, 6) is 0. The lowest BCUT2D eigenvalue weighted by Crippen LogP contribution is -2.60. The van der Waals surface area contributed by atoms with Crippen LogP contribution in [0.15, 0.2) is 17.5 Å². The van der Waals surface area contributed by atoms with Gasteiger partial charge in [0.05, 0.1) is 10.8 Å². The van der Waals surface area contributed by atoms with Gasteiger partial charge in [0, 0.05) is 24.2 Å². The highest BCUT2D eigenvalue weighted by atomic mass is 32.2. The number of thiophene rings is 1. The molecule has 2 N–H and O–H groups in total. The van der Waals surface area contributed by atoms with Crippen molar-refractivity contribution >= 4 is 21.2 Å². The van der Waals surface area contributed by atoms with Gasteiger partial charge in [0.2, 0.25) is 0 Å². The first kappa shape index (κ1) is 15.9. The Kier molecular flexibility index (Phi) is 4.89. The number of likely N-dealkylation sites (N-methyl/N-ethyl adjacent to an activating group) is 1. The average molecular weight is 316 g/mol. The van der Waals surface area contributed by atoms with E-state index in [2.05, 4.69) is 23.3 Å². The topological polar surface area (TPSA) is 63.4 Å². The first-order valence-corrected chi connectivity index (χ1v) is 9.94. The molecule has 0 saturated heterocycles. The average Bonchev–Trinajstić information content (AvgIpc) is 3.04. The molecule has 0 spiro atoms. The second kappa shape index (κ2) is 6.13. The highest BCUT2D eigenvalue weighted by Crippen LogP contribution is 2.39. The van der Waals surface area contributed by atoms with Crippen molar-refractivity contribution in [1.29, 1.82) is 0 Å². The third kappa shape index (κ3) is 2.93. The van der Waals surface area contributed by atoms with Gasteiger partial charge in [-0.15, -0.1) is 11.3 Å². The van der Waals surface area contributed by atoms with Crippen LogP contribution in [0.25, 0.3) is 0 Å². The SMILES string of the molecule is CCN(Cc1cccs1)C1(CN)CCCC1S(C)(=O)=O. The van der Waals surface area contributed by atoms with Crippen molar-refractivity contribution in [2.24, 2.45) is 5.73 Å². The van der Waals surface area contributed by atoms with Crippen LogP contribution in [0, 0.1) is 0 Å². The lowest BCUT2D eigenvalue weighted by molar-refractivity contribution is 0.101. The standard InChI is InChI=1S/C14H24N2O2S2/c1-3-16(10-12-6-5-9-19-12)14(11-15)8-4-7-13(14)20(2,17)18/h5-6,9,13H,3-4,7-8,10-11,15H2,1-2H3. The Labute approximate surface area is 125 Å². The van der Waals surface area contributed by atoms with Gasteiger partial charge in [-0.3, -0.25) is 4.90 Å². The molecular weight excluding hydrogens is 292 g/mol. The van der Waals surface area contributed by atoms with E-state index in [0.717, 1.165) is 32.4 Å². The van der Waals surface area contributed by atoms with Crippen molar-refractivity contribution in [3.05, 3.63) is 22.4 Å². The monoisotopic (exact) mass is 316 g/mol. The molecule has 2 unspecified atom stereocenters. The van der Waals surface area contributed by atoms with Crippen LogP contribution in [0.1, 0.15) is 31.1 Å². The van der Waals surface area contributed by atoms with Gasteiger partial charge in [0.1, 0.15) is 0 Å². The third-order valence-electron chi connectivity index (χ3n) is 4.48. The second-order valence-electron chi connectivity index (χ2n) is 5.61. The Bertz CT molecular complexity index is 527. The molecule has 114 valence electrons. The summed E-state index contributed by atoms with van der Waals surface area (Å²) in [4.78, 5) is 3.54. The van der Waals surface area contributed by atoms with E-state index >= 15 is 0 Å². The number of hydrogen-bond donors (Lipinski definition) is 1. The van der Waals surface area contributed by atoms with Crippen molar-refractivity contribution in [3.8, 4) is 0 Å². The summed E-state index contributed by atoms with van der Waals surface area (Å²) < 4.78 is 24.3. The van der Waals surface area contributed by atoms with Crippen LogP contribution in [0.3, 0.4) is 0 Å². The second-order valence-corrected chi connectivity index (χ2v) is 8.87. The molecule has 1 aromatic rings. The lowest BCUT2D eigenvalue weighted by atomic mass is 9.94. The van der Waals surface area contributed by atoms with Crippen LogP contribution >= 0.6 is 11.3 Å². The van der Waals surface area contributed by atoms with Gasteiger partial charge in [0.15, 0.2) is 9.84 Å². The predicted octanol–water partition coefficient (Wildman–Crippen LogP) is 1.86. The van der Waals surface area contributed by atoms with E-state index < -0.39 is 15.4 Å². The minimum Gasteiger partial charge on any atom is -0.329 e. The Balaban J connectivity index is 2.32. The molecule has 0 aliphatic heterocycles. The van der Waals surface area contributed by atoms with E-state index in [4.69, 9.17) is 5.73 Å². The number of rotatable bonds is 6. The molecule has 0 radical (unpaired) electrons. The smallest absolute Gasteiger partial charge is 0.152 e. The minimum atomic E-state index is -3.07. The molecule has 1 fully saturated rings. The molecule has 1 aliphatic carbocycles. The molecule has 4 nitrogen and oxygen atoms in total. The summed E-state index contributed by atoms with van der Waals surface area (Å²) in [7, 11) is -3.07. The largest absolute Gasteiger partial charge is 0.329 e. The van der Waals surface area contributed by atoms with Gasteiger partial charge in [0.25, 0.3) is 0 Å². The van der Waals surface area contributed by atoms with Gasteiger partial charge < -0.3 is 5.73 Å². The van der Waals surface area contributed by atoms with Gasteiger partial charge in [-0.1, -0.05) is 19.4 Å². The maximum atomic E-state index is 12.2. The van der Waals surface area contributed by atoms with E-state index in [-0.39, 0.29) is 5.25 Å². The molecule has 2 atom stereocenters. The van der Waals surface area contributed by atoms with Gasteiger partial charge in [-0.2, -0.15) is 0 Å². The van der Waals surface area contributed by atoms with Crippen LogP contribution in [0.2, 0.25) is 0 Å². The van der Waals surface area contributed by atoms with Gasteiger partial charge in [-0.05, 0) is 30.8 Å². The van der Waals surface area contributed by atoms with Gasteiger partial charge >= 0.3 is 0 Å². The summed E-state index contributed by atoms with van der Waals surface area (Å²) in [6.07, 6.45) is 3.90. The molecule has 1 aromatic heterocycles. The molecule has 6 heteroatoms. The first-order chi connectivity index (χ1) is 9.44. The van der Waals surface area contributed by atoms with E-state index in [0.29, 0.717) is 6.54 Å². The first-order valence-electron chi connectivity index (χ1n) is 7.10. The zero-order valence-corrected chi connectivity index (χ0v) is 13.8. The zero-order chi connectivity index (χ0) is 14.8. The Morgan fingerprint density at radius 3 is 2.80 bits per heavy atom. The minimum absolute atomic E-state index is 0.333. The molecule has 2 rings (SSSR count). The Hall–Kier alpha value is -0.430. The number of sulfone groups is 1. The normalized spacial score (nSPS) is 27.3. The van der Waals surface area contributed by atoms with Crippen LogP contribution in [-0.2, 0) is 16.4 Å². The van der Waals surface area contributed by atoms with Crippen molar-refractivity contribution in [1.82, 2.24) is 4.90 Å². The fraction of sp³-hybridized carbons (Fsp3) is 0.714. The molecule has 0 aromatic carbocycles. The quantitative estimate of drug-likeness (QED) is 0.870. The summed E-state index contributed by atoms with van der Waals surface area (Å²) in [6.45, 7) is 4.10. The molecule has 20 heavy (non-hydrogen) atoms. The summed E-state index contributed by atoms with van der Waals surface area (Å²) >= 11 is 1.71. The highest BCUT2D eigenvalue weighted by Gasteiger charge is 2.50. The maximum Gasteiger partial charge on any atom is 0.152 e. The summed E-state index contributed by atoms with van der Waals surface area (Å²) in [5.41, 5.74) is 5.66. The summed E-state index contributed by atoms with van der Waals surface area (Å²) in [6, 6.07) is 4.13. The Morgan fingerprint density at radius 1 is 1.55 bits per heavy atom. The van der Waals surface area contributed by atoms with Crippen molar-refractivity contribution in [2.75, 3.05) is 19.3 Å². The number of nitrogens with two attached hydrogens (primary N) is 1. The molecule has 0 amide bonds. The van der Waals surface area contributed by atoms with E-state index in [1.807, 2.05) is 6.07 Å². The zero-order valence-electron chi connectivity index (χ0n) is 12.2. The fourth-order valence-corrected chi connectivity index (χ4v) is 6.01. The van der Waals surface area contributed by atoms with Crippen LogP contribution in [-0.4, -0.2) is 43.5 Å². The van der Waals surface area contributed by atoms with Crippen molar-refractivity contribution in [2.45, 2.75) is 43.5 Å². The molecule has 1 heterocycles. The van der Waals surface area contributed by atoms with E-state index in [9.17, 15) is 8.42 Å². The molecule has 0 bridgehead atoms. The maximum absolute atomic E-state index is 12.2. The van der Waals surface area contributed by atoms with E-state index in [1.165, 1.54) is 11.1 Å². The van der Waals surface area contributed by atoms with Crippen LogP contribution in [0.4, 0.5) is 0 Å². The van der Waals surface area contributed by atoms with Crippen LogP contribution < -0.4 is 5.73 Å².